The lowest BCUT2D eigenvalue weighted by molar-refractivity contribution is -0.119. The Morgan fingerprint density at radius 1 is 1.60 bits per heavy atom. The van der Waals surface area contributed by atoms with Gasteiger partial charge in [-0.25, -0.2) is 0 Å². The van der Waals surface area contributed by atoms with Crippen molar-refractivity contribution in [3.8, 4) is 0 Å². The van der Waals surface area contributed by atoms with Crippen LogP contribution in [-0.2, 0) is 4.79 Å². The van der Waals surface area contributed by atoms with Crippen LogP contribution in [-0.4, -0.2) is 11.9 Å². The van der Waals surface area contributed by atoms with Crippen LogP contribution in [0.3, 0.4) is 0 Å². The standard InChI is InChI=1S/C8H15NO/c1-5-8(6(2)3)9-7(4)10/h5-6,8H,1H2,2-4H3,(H,9,10)/t8-/m1/s1. The van der Waals surface area contributed by atoms with Crippen LogP contribution in [0.15, 0.2) is 12.7 Å². The van der Waals surface area contributed by atoms with Crippen molar-refractivity contribution in [2.45, 2.75) is 26.8 Å². The maximum atomic E-state index is 10.6. The molecule has 0 aromatic rings. The van der Waals surface area contributed by atoms with Crippen molar-refractivity contribution in [2.75, 3.05) is 0 Å². The first kappa shape index (κ1) is 9.21. The molecule has 0 aliphatic rings. The Labute approximate surface area is 62.3 Å². The zero-order valence-corrected chi connectivity index (χ0v) is 6.85. The van der Waals surface area contributed by atoms with E-state index in [9.17, 15) is 4.79 Å². The molecule has 0 aromatic carbocycles. The Kier molecular flexibility index (Phi) is 3.77. The first-order valence-corrected chi connectivity index (χ1v) is 3.47. The van der Waals surface area contributed by atoms with Crippen LogP contribution in [0.5, 0.6) is 0 Å². The van der Waals surface area contributed by atoms with Crippen LogP contribution in [0.4, 0.5) is 0 Å². The zero-order chi connectivity index (χ0) is 8.15. The van der Waals surface area contributed by atoms with E-state index in [1.807, 2.05) is 13.8 Å². The van der Waals surface area contributed by atoms with Crippen LogP contribution in [0.25, 0.3) is 0 Å². The molecule has 0 aliphatic carbocycles. The Bertz CT molecular complexity index is 129. The summed E-state index contributed by atoms with van der Waals surface area (Å²) in [5, 5.41) is 2.77. The summed E-state index contributed by atoms with van der Waals surface area (Å²) >= 11 is 0. The van der Waals surface area contributed by atoms with Crippen molar-refractivity contribution in [2.24, 2.45) is 5.92 Å². The van der Waals surface area contributed by atoms with Crippen molar-refractivity contribution in [1.29, 1.82) is 0 Å². The van der Waals surface area contributed by atoms with Crippen LogP contribution >= 0.6 is 0 Å². The summed E-state index contributed by atoms with van der Waals surface area (Å²) in [7, 11) is 0. The first-order chi connectivity index (χ1) is 4.57. The predicted molar refractivity (Wildman–Crippen MR) is 42.6 cm³/mol. The molecule has 0 fully saturated rings. The van der Waals surface area contributed by atoms with Crippen LogP contribution < -0.4 is 5.32 Å². The van der Waals surface area contributed by atoms with E-state index in [-0.39, 0.29) is 11.9 Å². The van der Waals surface area contributed by atoms with Gasteiger partial charge in [0.05, 0.1) is 0 Å². The van der Waals surface area contributed by atoms with Gasteiger partial charge >= 0.3 is 0 Å². The molecule has 2 heteroatoms. The second kappa shape index (κ2) is 4.09. The maximum absolute atomic E-state index is 10.6. The second-order valence-corrected chi connectivity index (χ2v) is 2.71. The summed E-state index contributed by atoms with van der Waals surface area (Å²) in [6.07, 6.45) is 1.76. The van der Waals surface area contributed by atoms with Gasteiger partial charge in [-0.15, -0.1) is 6.58 Å². The van der Waals surface area contributed by atoms with Gasteiger partial charge in [-0.1, -0.05) is 19.9 Å². The lowest BCUT2D eigenvalue weighted by Crippen LogP contribution is -2.35. The molecular formula is C8H15NO. The third kappa shape index (κ3) is 3.28. The van der Waals surface area contributed by atoms with Gasteiger partial charge in [-0.05, 0) is 5.92 Å². The van der Waals surface area contributed by atoms with Gasteiger partial charge < -0.3 is 5.32 Å². The number of hydrogen-bond donors (Lipinski definition) is 1. The number of amides is 1. The molecule has 0 rings (SSSR count). The number of carbonyl (C=O) groups is 1. The third-order valence-corrected chi connectivity index (χ3v) is 1.34. The highest BCUT2D eigenvalue weighted by Gasteiger charge is 2.08. The third-order valence-electron chi connectivity index (χ3n) is 1.34. The van der Waals surface area contributed by atoms with Crippen molar-refractivity contribution in [1.82, 2.24) is 5.32 Å². The van der Waals surface area contributed by atoms with Crippen LogP contribution in [0.2, 0.25) is 0 Å². The van der Waals surface area contributed by atoms with Crippen molar-refractivity contribution < 1.29 is 4.79 Å². The van der Waals surface area contributed by atoms with Crippen LogP contribution in [0.1, 0.15) is 20.8 Å². The van der Waals surface area contributed by atoms with Gasteiger partial charge in [0.15, 0.2) is 0 Å². The lowest BCUT2D eigenvalue weighted by atomic mass is 10.1. The highest BCUT2D eigenvalue weighted by Crippen LogP contribution is 2.01. The quantitative estimate of drug-likeness (QED) is 0.590. The van der Waals surface area contributed by atoms with E-state index < -0.39 is 0 Å². The summed E-state index contributed by atoms with van der Waals surface area (Å²) in [4.78, 5) is 10.6. The van der Waals surface area contributed by atoms with E-state index >= 15 is 0 Å². The van der Waals surface area contributed by atoms with E-state index in [0.29, 0.717) is 5.92 Å². The van der Waals surface area contributed by atoms with Gasteiger partial charge in [0.1, 0.15) is 0 Å². The molecule has 0 saturated carbocycles. The molecule has 0 saturated heterocycles. The van der Waals surface area contributed by atoms with Crippen molar-refractivity contribution in [3.63, 3.8) is 0 Å². The largest absolute Gasteiger partial charge is 0.350 e. The molecule has 10 heavy (non-hydrogen) atoms. The fourth-order valence-corrected chi connectivity index (χ4v) is 0.732. The number of hydrogen-bond acceptors (Lipinski definition) is 1. The van der Waals surface area contributed by atoms with Gasteiger partial charge in [0, 0.05) is 13.0 Å². The molecule has 0 heterocycles. The fourth-order valence-electron chi connectivity index (χ4n) is 0.732. The van der Waals surface area contributed by atoms with E-state index in [0.717, 1.165) is 0 Å². The molecule has 58 valence electrons. The first-order valence-electron chi connectivity index (χ1n) is 3.47. The topological polar surface area (TPSA) is 29.1 Å². The monoisotopic (exact) mass is 141 g/mol. The second-order valence-electron chi connectivity index (χ2n) is 2.71. The molecule has 0 radical (unpaired) electrons. The highest BCUT2D eigenvalue weighted by molar-refractivity contribution is 5.73. The molecule has 1 N–H and O–H groups in total. The van der Waals surface area contributed by atoms with E-state index in [1.54, 1.807) is 6.08 Å². The van der Waals surface area contributed by atoms with E-state index in [1.165, 1.54) is 6.92 Å². The molecule has 0 aliphatic heterocycles. The molecule has 0 spiro atoms. The Morgan fingerprint density at radius 2 is 2.10 bits per heavy atom. The van der Waals surface area contributed by atoms with Gasteiger partial charge in [0.2, 0.25) is 5.91 Å². The molecule has 1 atom stereocenters. The molecular weight excluding hydrogens is 126 g/mol. The molecule has 1 amide bonds. The normalized spacial score (nSPS) is 12.8. The highest BCUT2D eigenvalue weighted by atomic mass is 16.1. The Hall–Kier alpha value is -0.790. The van der Waals surface area contributed by atoms with Crippen molar-refractivity contribution in [3.05, 3.63) is 12.7 Å². The summed E-state index contributed by atoms with van der Waals surface area (Å²) in [5.41, 5.74) is 0. The summed E-state index contributed by atoms with van der Waals surface area (Å²) in [6, 6.07) is 0.109. The van der Waals surface area contributed by atoms with Gasteiger partial charge in [-0.3, -0.25) is 4.79 Å². The maximum Gasteiger partial charge on any atom is 0.217 e. The predicted octanol–water partition coefficient (Wildman–Crippen LogP) is 1.33. The Balaban J connectivity index is 3.83. The molecule has 0 aromatic heterocycles. The number of rotatable bonds is 3. The summed E-state index contributed by atoms with van der Waals surface area (Å²) < 4.78 is 0. The lowest BCUT2D eigenvalue weighted by Gasteiger charge is -2.16. The van der Waals surface area contributed by atoms with E-state index in [2.05, 4.69) is 11.9 Å². The number of carbonyl (C=O) groups excluding carboxylic acids is 1. The zero-order valence-electron chi connectivity index (χ0n) is 6.85. The Morgan fingerprint density at radius 3 is 2.20 bits per heavy atom. The van der Waals surface area contributed by atoms with Gasteiger partial charge in [0.25, 0.3) is 0 Å². The number of nitrogens with one attached hydrogen (secondary N) is 1. The summed E-state index contributed by atoms with van der Waals surface area (Å²) in [5.74, 6) is 0.417. The molecule has 0 bridgehead atoms. The summed E-state index contributed by atoms with van der Waals surface area (Å²) in [6.45, 7) is 9.22. The van der Waals surface area contributed by atoms with Crippen LogP contribution in [0, 0.1) is 5.92 Å². The minimum absolute atomic E-state index is 0.00130. The van der Waals surface area contributed by atoms with E-state index in [4.69, 9.17) is 0 Å². The minimum atomic E-state index is -0.00130. The minimum Gasteiger partial charge on any atom is -0.350 e. The molecule has 2 nitrogen and oxygen atoms in total. The molecule has 0 unspecified atom stereocenters. The smallest absolute Gasteiger partial charge is 0.217 e. The van der Waals surface area contributed by atoms with Gasteiger partial charge in [-0.2, -0.15) is 0 Å². The average molecular weight is 141 g/mol. The van der Waals surface area contributed by atoms with Crippen molar-refractivity contribution >= 4 is 5.91 Å². The fraction of sp³-hybridized carbons (Fsp3) is 0.625. The SMILES string of the molecule is C=C[C@@H](NC(C)=O)C(C)C. The average Bonchev–Trinajstić information content (AvgIpc) is 1.81.